The van der Waals surface area contributed by atoms with E-state index in [0.29, 0.717) is 23.6 Å². The van der Waals surface area contributed by atoms with E-state index < -0.39 is 14.9 Å². The molecule has 3 aromatic rings. The van der Waals surface area contributed by atoms with E-state index in [2.05, 4.69) is 6.58 Å². The highest BCUT2D eigenvalue weighted by Crippen LogP contribution is 2.29. The van der Waals surface area contributed by atoms with Gasteiger partial charge < -0.3 is 4.74 Å². The summed E-state index contributed by atoms with van der Waals surface area (Å²) in [6, 6.07) is 20.1. The highest BCUT2D eigenvalue weighted by molar-refractivity contribution is 7.92. The number of benzene rings is 3. The van der Waals surface area contributed by atoms with Gasteiger partial charge in [-0.15, -0.1) is 6.58 Å². The summed E-state index contributed by atoms with van der Waals surface area (Å²) in [5.74, 6) is 0.593. The van der Waals surface area contributed by atoms with Crippen molar-refractivity contribution < 1.29 is 18.1 Å². The number of rotatable bonds is 9. The van der Waals surface area contributed by atoms with E-state index in [-0.39, 0.29) is 17.1 Å². The monoisotopic (exact) mass is 438 g/mol. The van der Waals surface area contributed by atoms with Crippen LogP contribution in [0.2, 0.25) is 0 Å². The summed E-state index contributed by atoms with van der Waals surface area (Å²) in [5, 5.41) is 11.1. The zero-order valence-electron chi connectivity index (χ0n) is 17.0. The quantitative estimate of drug-likeness (QED) is 0.270. The number of non-ortho nitro benzene ring substituents is 1. The van der Waals surface area contributed by atoms with Gasteiger partial charge in [-0.25, -0.2) is 8.42 Å². The number of anilines is 1. The number of nitrogens with zero attached hydrogens (tertiary/aromatic N) is 2. The number of hydrogen-bond acceptors (Lipinski definition) is 5. The molecule has 0 aliphatic heterocycles. The van der Waals surface area contributed by atoms with E-state index >= 15 is 0 Å². The average molecular weight is 439 g/mol. The van der Waals surface area contributed by atoms with Crippen LogP contribution in [0.15, 0.2) is 90.3 Å². The molecule has 0 spiro atoms. The van der Waals surface area contributed by atoms with E-state index in [1.165, 1.54) is 18.2 Å². The predicted molar refractivity (Wildman–Crippen MR) is 120 cm³/mol. The van der Waals surface area contributed by atoms with Crippen molar-refractivity contribution in [2.45, 2.75) is 18.4 Å². The Morgan fingerprint density at radius 1 is 1.06 bits per heavy atom. The van der Waals surface area contributed by atoms with Crippen molar-refractivity contribution in [1.82, 2.24) is 0 Å². The maximum Gasteiger partial charge on any atom is 0.270 e. The first-order valence-electron chi connectivity index (χ1n) is 9.48. The number of nitro groups is 1. The summed E-state index contributed by atoms with van der Waals surface area (Å²) >= 11 is 0. The van der Waals surface area contributed by atoms with Gasteiger partial charge >= 0.3 is 0 Å². The Hall–Kier alpha value is -3.65. The Kier molecular flexibility index (Phi) is 6.71. The third-order valence-electron chi connectivity index (χ3n) is 4.62. The van der Waals surface area contributed by atoms with Crippen LogP contribution < -0.4 is 9.04 Å². The van der Waals surface area contributed by atoms with Gasteiger partial charge in [0.25, 0.3) is 15.7 Å². The second kappa shape index (κ2) is 9.44. The van der Waals surface area contributed by atoms with Crippen LogP contribution in [0.25, 0.3) is 0 Å². The van der Waals surface area contributed by atoms with Crippen molar-refractivity contribution in [2.24, 2.45) is 0 Å². The molecule has 0 aliphatic rings. The molecule has 0 radical (unpaired) electrons. The summed E-state index contributed by atoms with van der Waals surface area (Å²) in [6.45, 7) is 5.64. The molecule has 0 saturated heterocycles. The zero-order chi connectivity index (χ0) is 22.4. The molecule has 3 aromatic carbocycles. The Morgan fingerprint density at radius 2 is 1.74 bits per heavy atom. The van der Waals surface area contributed by atoms with E-state index in [4.69, 9.17) is 4.74 Å². The van der Waals surface area contributed by atoms with Crippen molar-refractivity contribution in [3.63, 3.8) is 0 Å². The normalized spacial score (nSPS) is 11.0. The van der Waals surface area contributed by atoms with Crippen LogP contribution in [-0.4, -0.2) is 19.9 Å². The Balaban J connectivity index is 1.88. The minimum absolute atomic E-state index is 0.00862. The summed E-state index contributed by atoms with van der Waals surface area (Å²) in [4.78, 5) is 10.4. The largest absolute Gasteiger partial charge is 0.489 e. The minimum Gasteiger partial charge on any atom is -0.489 e. The fourth-order valence-electron chi connectivity index (χ4n) is 3.01. The first kappa shape index (κ1) is 22.0. The molecular weight excluding hydrogens is 416 g/mol. The predicted octanol–water partition coefficient (Wildman–Crippen LogP) is 4.86. The van der Waals surface area contributed by atoms with Gasteiger partial charge in [0.15, 0.2) is 0 Å². The van der Waals surface area contributed by atoms with Crippen molar-refractivity contribution >= 4 is 21.4 Å². The number of ether oxygens (including phenoxy) is 1. The topological polar surface area (TPSA) is 89.8 Å². The van der Waals surface area contributed by atoms with Crippen molar-refractivity contribution in [1.29, 1.82) is 0 Å². The fraction of sp³-hybridized carbons (Fsp3) is 0.130. The van der Waals surface area contributed by atoms with Crippen molar-refractivity contribution in [3.05, 3.63) is 107 Å². The molecule has 0 saturated carbocycles. The van der Waals surface area contributed by atoms with E-state index in [0.717, 1.165) is 15.9 Å². The fourth-order valence-corrected chi connectivity index (χ4v) is 4.69. The van der Waals surface area contributed by atoms with Crippen LogP contribution in [0.1, 0.15) is 11.1 Å². The third-order valence-corrected chi connectivity index (χ3v) is 6.55. The summed E-state index contributed by atoms with van der Waals surface area (Å²) < 4.78 is 33.6. The molecule has 0 aromatic heterocycles. The zero-order valence-corrected chi connectivity index (χ0v) is 17.8. The molecule has 7 nitrogen and oxygen atoms in total. The molecular formula is C23H22N2O5S. The maximum atomic E-state index is 13.3. The molecule has 8 heteroatoms. The van der Waals surface area contributed by atoms with Crippen LogP contribution in [0.3, 0.4) is 0 Å². The summed E-state index contributed by atoms with van der Waals surface area (Å²) in [5.41, 5.74) is 1.55. The number of nitro benzene ring substituents is 1. The van der Waals surface area contributed by atoms with Crippen LogP contribution in [0, 0.1) is 17.0 Å². The highest BCUT2D eigenvalue weighted by atomic mass is 32.2. The van der Waals surface area contributed by atoms with E-state index in [1.54, 1.807) is 31.2 Å². The smallest absolute Gasteiger partial charge is 0.270 e. The SMILES string of the molecule is C=CCN(c1ccc(OCc2ccccc2)cc1)S(=O)(=O)c1cc([N+](=O)[O-])ccc1C. The Labute approximate surface area is 181 Å². The molecule has 0 heterocycles. The van der Waals surface area contributed by atoms with Gasteiger partial charge in [0.2, 0.25) is 0 Å². The molecule has 0 unspecified atom stereocenters. The lowest BCUT2D eigenvalue weighted by Gasteiger charge is -2.24. The molecule has 0 amide bonds. The number of hydrogen-bond donors (Lipinski definition) is 0. The lowest BCUT2D eigenvalue weighted by molar-refractivity contribution is -0.385. The van der Waals surface area contributed by atoms with Gasteiger partial charge in [0.1, 0.15) is 12.4 Å². The van der Waals surface area contributed by atoms with E-state index in [9.17, 15) is 18.5 Å². The molecule has 31 heavy (non-hydrogen) atoms. The molecule has 0 fully saturated rings. The van der Waals surface area contributed by atoms with Crippen molar-refractivity contribution in [2.75, 3.05) is 10.8 Å². The van der Waals surface area contributed by atoms with Gasteiger partial charge in [-0.3, -0.25) is 14.4 Å². The standard InChI is InChI=1S/C23H22N2O5S/c1-3-15-24(31(28,29)23-16-21(25(26)27)10-9-18(23)2)20-11-13-22(14-12-20)30-17-19-7-5-4-6-8-19/h3-14,16H,1,15,17H2,2H3. The molecule has 0 N–H and O–H groups in total. The summed E-state index contributed by atoms with van der Waals surface area (Å²) in [6.07, 6.45) is 1.46. The molecule has 0 atom stereocenters. The van der Waals surface area contributed by atoms with Crippen molar-refractivity contribution in [3.8, 4) is 5.75 Å². The van der Waals surface area contributed by atoms with Crippen LogP contribution in [-0.2, 0) is 16.6 Å². The lowest BCUT2D eigenvalue weighted by Crippen LogP contribution is -2.31. The van der Waals surface area contributed by atoms with Gasteiger partial charge in [-0.2, -0.15) is 0 Å². The first-order valence-corrected chi connectivity index (χ1v) is 10.9. The Bertz CT molecular complexity index is 1180. The summed E-state index contributed by atoms with van der Waals surface area (Å²) in [7, 11) is -4.05. The van der Waals surface area contributed by atoms with Gasteiger partial charge in [-0.1, -0.05) is 42.5 Å². The third kappa shape index (κ3) is 5.10. The molecule has 3 rings (SSSR count). The second-order valence-corrected chi connectivity index (χ2v) is 8.63. The second-order valence-electron chi connectivity index (χ2n) is 6.80. The van der Waals surface area contributed by atoms with Gasteiger partial charge in [0, 0.05) is 12.1 Å². The lowest BCUT2D eigenvalue weighted by atomic mass is 10.2. The van der Waals surface area contributed by atoms with Crippen LogP contribution in [0.5, 0.6) is 5.75 Å². The van der Waals surface area contributed by atoms with E-state index in [1.807, 2.05) is 30.3 Å². The molecule has 0 aliphatic carbocycles. The number of sulfonamides is 1. The number of aryl methyl sites for hydroxylation is 1. The van der Waals surface area contributed by atoms with Gasteiger partial charge in [0.05, 0.1) is 22.1 Å². The van der Waals surface area contributed by atoms with Crippen LogP contribution >= 0.6 is 0 Å². The van der Waals surface area contributed by atoms with Gasteiger partial charge in [-0.05, 0) is 42.3 Å². The minimum atomic E-state index is -4.05. The molecule has 0 bridgehead atoms. The maximum absolute atomic E-state index is 13.3. The average Bonchev–Trinajstić information content (AvgIpc) is 2.77. The van der Waals surface area contributed by atoms with Crippen LogP contribution in [0.4, 0.5) is 11.4 Å². The highest BCUT2D eigenvalue weighted by Gasteiger charge is 2.27. The first-order chi connectivity index (χ1) is 14.8. The Morgan fingerprint density at radius 3 is 2.35 bits per heavy atom. The molecule has 160 valence electrons.